The number of amides is 4. The number of carbonyl (C=O) groups is 4. The van der Waals surface area contributed by atoms with Crippen molar-refractivity contribution in [2.75, 3.05) is 0 Å². The van der Waals surface area contributed by atoms with Gasteiger partial charge in [-0.3, -0.25) is 25.0 Å². The van der Waals surface area contributed by atoms with Crippen LogP contribution >= 0.6 is 11.3 Å². The average Bonchev–Trinajstić information content (AvgIpc) is 2.68. The van der Waals surface area contributed by atoms with Gasteiger partial charge in [0, 0.05) is 11.3 Å². The molecule has 2 heterocycles. The minimum atomic E-state index is -1.44. The molecule has 1 aromatic rings. The molecule has 0 aliphatic carbocycles. The summed E-state index contributed by atoms with van der Waals surface area (Å²) in [5, 5.41) is 5.58. The van der Waals surface area contributed by atoms with E-state index in [4.69, 9.17) is 0 Å². The monoisotopic (exact) mass is 252 g/mol. The van der Waals surface area contributed by atoms with Gasteiger partial charge in [-0.15, -0.1) is 11.3 Å². The van der Waals surface area contributed by atoms with E-state index in [1.54, 1.807) is 17.5 Å². The Balaban J connectivity index is 2.11. The predicted molar refractivity (Wildman–Crippen MR) is 58.2 cm³/mol. The number of hydrogen-bond acceptors (Lipinski definition) is 5. The van der Waals surface area contributed by atoms with Crippen molar-refractivity contribution in [3.05, 3.63) is 22.4 Å². The Morgan fingerprint density at radius 1 is 1.24 bits per heavy atom. The summed E-state index contributed by atoms with van der Waals surface area (Å²) in [5.74, 6) is -3.68. The predicted octanol–water partition coefficient (Wildman–Crippen LogP) is -0.158. The number of urea groups is 1. The second kappa shape index (κ2) is 4.46. The van der Waals surface area contributed by atoms with E-state index in [0.717, 1.165) is 4.88 Å². The molecule has 17 heavy (non-hydrogen) atoms. The number of barbiturate groups is 1. The molecule has 0 radical (unpaired) electrons. The van der Waals surface area contributed by atoms with E-state index < -0.39 is 29.5 Å². The SMILES string of the molecule is O=C1NC(=O)C(C(=O)Cc2cccs2)C(=O)N1. The number of nitrogens with one attached hydrogen (secondary N) is 2. The van der Waals surface area contributed by atoms with Crippen LogP contribution in [0.5, 0.6) is 0 Å². The number of ketones is 1. The minimum absolute atomic E-state index is 0.0113. The van der Waals surface area contributed by atoms with Gasteiger partial charge in [0.15, 0.2) is 11.7 Å². The molecule has 1 aliphatic heterocycles. The molecule has 1 saturated heterocycles. The maximum atomic E-state index is 11.8. The van der Waals surface area contributed by atoms with Gasteiger partial charge in [0.25, 0.3) is 0 Å². The van der Waals surface area contributed by atoms with Crippen LogP contribution in [0.2, 0.25) is 0 Å². The first kappa shape index (κ1) is 11.5. The summed E-state index contributed by atoms with van der Waals surface area (Å²) >= 11 is 1.37. The second-order valence-corrected chi connectivity index (χ2v) is 4.50. The largest absolute Gasteiger partial charge is 0.328 e. The Hall–Kier alpha value is -2.02. The Kier molecular flexibility index (Phi) is 3.01. The van der Waals surface area contributed by atoms with Gasteiger partial charge in [-0.25, -0.2) is 4.79 Å². The highest BCUT2D eigenvalue weighted by molar-refractivity contribution is 7.10. The van der Waals surface area contributed by atoms with Gasteiger partial charge in [0.05, 0.1) is 0 Å². The van der Waals surface area contributed by atoms with Gasteiger partial charge >= 0.3 is 6.03 Å². The molecule has 0 aromatic carbocycles. The molecular formula is C10H8N2O4S. The lowest BCUT2D eigenvalue weighted by Crippen LogP contribution is -2.58. The molecule has 0 bridgehead atoms. The van der Waals surface area contributed by atoms with Crippen LogP contribution in [-0.4, -0.2) is 23.6 Å². The number of hydrogen-bond donors (Lipinski definition) is 2. The van der Waals surface area contributed by atoms with Crippen LogP contribution in [0.3, 0.4) is 0 Å². The van der Waals surface area contributed by atoms with E-state index in [9.17, 15) is 19.2 Å². The topological polar surface area (TPSA) is 92.3 Å². The number of Topliss-reactive ketones (excluding diaryl/α,β-unsaturated/α-hetero) is 1. The van der Waals surface area contributed by atoms with Crippen molar-refractivity contribution in [2.45, 2.75) is 6.42 Å². The molecule has 0 atom stereocenters. The minimum Gasteiger partial charge on any atom is -0.298 e. The normalized spacial score (nSPS) is 16.6. The fourth-order valence-electron chi connectivity index (χ4n) is 1.50. The highest BCUT2D eigenvalue weighted by atomic mass is 32.1. The van der Waals surface area contributed by atoms with Gasteiger partial charge in [0.1, 0.15) is 0 Å². The zero-order chi connectivity index (χ0) is 12.4. The maximum absolute atomic E-state index is 11.8. The average molecular weight is 252 g/mol. The van der Waals surface area contributed by atoms with Crippen molar-refractivity contribution in [2.24, 2.45) is 5.92 Å². The zero-order valence-corrected chi connectivity index (χ0v) is 9.37. The van der Waals surface area contributed by atoms with E-state index in [2.05, 4.69) is 0 Å². The van der Waals surface area contributed by atoms with Crippen molar-refractivity contribution in [3.8, 4) is 0 Å². The number of thiophene rings is 1. The van der Waals surface area contributed by atoms with Gasteiger partial charge in [-0.1, -0.05) is 6.07 Å². The summed E-state index contributed by atoms with van der Waals surface area (Å²) in [7, 11) is 0. The highest BCUT2D eigenvalue weighted by Gasteiger charge is 2.39. The molecule has 7 heteroatoms. The van der Waals surface area contributed by atoms with E-state index >= 15 is 0 Å². The van der Waals surface area contributed by atoms with Crippen molar-refractivity contribution in [1.29, 1.82) is 0 Å². The zero-order valence-electron chi connectivity index (χ0n) is 8.56. The van der Waals surface area contributed by atoms with Crippen LogP contribution in [0.1, 0.15) is 4.88 Å². The maximum Gasteiger partial charge on any atom is 0.328 e. The first-order valence-corrected chi connectivity index (χ1v) is 5.66. The van der Waals surface area contributed by atoms with Crippen LogP contribution < -0.4 is 10.6 Å². The van der Waals surface area contributed by atoms with E-state index in [1.165, 1.54) is 11.3 Å². The van der Waals surface area contributed by atoms with Crippen LogP contribution in [0.15, 0.2) is 17.5 Å². The van der Waals surface area contributed by atoms with Gasteiger partial charge < -0.3 is 0 Å². The standard InChI is InChI=1S/C10H8N2O4S/c13-6(4-5-2-1-3-17-5)7-8(14)11-10(16)12-9(7)15/h1-3,7H,4H2,(H2,11,12,14,15,16). The van der Waals surface area contributed by atoms with E-state index in [-0.39, 0.29) is 6.42 Å². The van der Waals surface area contributed by atoms with Gasteiger partial charge in [-0.05, 0) is 11.4 Å². The Labute approximate surface area is 100 Å². The Morgan fingerprint density at radius 3 is 2.41 bits per heavy atom. The van der Waals surface area contributed by atoms with Crippen molar-refractivity contribution >= 4 is 35.0 Å². The summed E-state index contributed by atoms with van der Waals surface area (Å²) in [6.07, 6.45) is 0.0113. The summed E-state index contributed by atoms with van der Waals surface area (Å²) in [4.78, 5) is 46.1. The van der Waals surface area contributed by atoms with Gasteiger partial charge in [0.2, 0.25) is 11.8 Å². The Morgan fingerprint density at radius 2 is 1.88 bits per heavy atom. The number of carbonyl (C=O) groups excluding carboxylic acids is 4. The van der Waals surface area contributed by atoms with E-state index in [0.29, 0.717) is 0 Å². The number of rotatable bonds is 3. The molecule has 6 nitrogen and oxygen atoms in total. The quantitative estimate of drug-likeness (QED) is 0.731. The Bertz CT molecular complexity index is 474. The molecule has 0 unspecified atom stereocenters. The highest BCUT2D eigenvalue weighted by Crippen LogP contribution is 2.13. The summed E-state index contributed by atoms with van der Waals surface area (Å²) < 4.78 is 0. The third-order valence-electron chi connectivity index (χ3n) is 2.25. The van der Waals surface area contributed by atoms with Crippen LogP contribution in [0.25, 0.3) is 0 Å². The van der Waals surface area contributed by atoms with Crippen LogP contribution in [0, 0.1) is 5.92 Å². The fraction of sp³-hybridized carbons (Fsp3) is 0.200. The lowest BCUT2D eigenvalue weighted by atomic mass is 9.98. The first-order valence-electron chi connectivity index (χ1n) is 4.78. The van der Waals surface area contributed by atoms with Gasteiger partial charge in [-0.2, -0.15) is 0 Å². The van der Waals surface area contributed by atoms with Crippen LogP contribution in [0.4, 0.5) is 4.79 Å². The first-order chi connectivity index (χ1) is 8.08. The lowest BCUT2D eigenvalue weighted by Gasteiger charge is -2.19. The molecule has 2 rings (SSSR count). The third kappa shape index (κ3) is 2.39. The van der Waals surface area contributed by atoms with E-state index in [1.807, 2.05) is 10.6 Å². The molecule has 0 saturated carbocycles. The molecule has 2 N–H and O–H groups in total. The molecule has 1 aliphatic rings. The number of imide groups is 2. The van der Waals surface area contributed by atoms with Crippen LogP contribution in [-0.2, 0) is 20.8 Å². The molecular weight excluding hydrogens is 244 g/mol. The van der Waals surface area contributed by atoms with Crippen molar-refractivity contribution < 1.29 is 19.2 Å². The summed E-state index contributed by atoms with van der Waals surface area (Å²) in [6.45, 7) is 0. The fourth-order valence-corrected chi connectivity index (χ4v) is 2.21. The third-order valence-corrected chi connectivity index (χ3v) is 3.12. The molecule has 0 spiro atoms. The molecule has 1 aromatic heterocycles. The van der Waals surface area contributed by atoms with Crippen molar-refractivity contribution in [3.63, 3.8) is 0 Å². The smallest absolute Gasteiger partial charge is 0.298 e. The molecule has 1 fully saturated rings. The molecule has 88 valence electrons. The second-order valence-electron chi connectivity index (χ2n) is 3.46. The summed E-state index contributed by atoms with van der Waals surface area (Å²) in [6, 6.07) is 2.63. The summed E-state index contributed by atoms with van der Waals surface area (Å²) in [5.41, 5.74) is 0. The van der Waals surface area contributed by atoms with Crippen molar-refractivity contribution in [1.82, 2.24) is 10.6 Å². The molecule has 4 amide bonds. The lowest BCUT2D eigenvalue weighted by molar-refractivity contribution is -0.142.